The first-order valence-electron chi connectivity index (χ1n) is 6.90. The number of hydrogen-bond acceptors (Lipinski definition) is 3. The molecule has 0 saturated heterocycles. The van der Waals surface area contributed by atoms with Crippen molar-refractivity contribution < 1.29 is 19.4 Å². The number of carboxylic acid groups (broad SMARTS) is 1. The van der Waals surface area contributed by atoms with Gasteiger partial charge in [-0.1, -0.05) is 18.2 Å². The molecule has 0 aromatic heterocycles. The van der Waals surface area contributed by atoms with Gasteiger partial charge < -0.3 is 15.2 Å². The minimum atomic E-state index is -1.02. The van der Waals surface area contributed by atoms with Crippen molar-refractivity contribution in [3.8, 4) is 5.75 Å². The third-order valence-electron chi connectivity index (χ3n) is 3.24. The number of nitrogens with one attached hydrogen (secondary N) is 1. The maximum absolute atomic E-state index is 12.4. The number of rotatable bonds is 5. The lowest BCUT2D eigenvalue weighted by Crippen LogP contribution is -2.15. The topological polar surface area (TPSA) is 75.6 Å². The summed E-state index contributed by atoms with van der Waals surface area (Å²) in [5.41, 5.74) is 1.55. The van der Waals surface area contributed by atoms with E-state index in [1.54, 1.807) is 43.3 Å². The fourth-order valence-corrected chi connectivity index (χ4v) is 2.13. The molecule has 0 fully saturated rings. The molecule has 1 amide bonds. The standard InChI is InChI=1S/C17H17NO4/c1-3-22-15-10-5-4-7-13(15)16(19)18-14-9-6-8-12(11(14)2)17(20)21/h4-10H,3H2,1-2H3,(H,18,19)(H,20,21). The van der Waals surface area contributed by atoms with E-state index in [0.29, 0.717) is 29.2 Å². The second kappa shape index (κ2) is 6.76. The van der Waals surface area contributed by atoms with Crippen LogP contribution in [-0.4, -0.2) is 23.6 Å². The fraction of sp³-hybridized carbons (Fsp3) is 0.176. The lowest BCUT2D eigenvalue weighted by atomic mass is 10.1. The molecule has 0 spiro atoms. The molecule has 2 N–H and O–H groups in total. The number of anilines is 1. The second-order valence-electron chi connectivity index (χ2n) is 4.67. The van der Waals surface area contributed by atoms with Crippen molar-refractivity contribution in [1.29, 1.82) is 0 Å². The summed E-state index contributed by atoms with van der Waals surface area (Å²) >= 11 is 0. The van der Waals surface area contributed by atoms with Gasteiger partial charge in [0, 0.05) is 5.69 Å². The smallest absolute Gasteiger partial charge is 0.336 e. The summed E-state index contributed by atoms with van der Waals surface area (Å²) in [4.78, 5) is 23.5. The zero-order chi connectivity index (χ0) is 16.1. The Bertz CT molecular complexity index is 710. The third-order valence-corrected chi connectivity index (χ3v) is 3.24. The fourth-order valence-electron chi connectivity index (χ4n) is 2.13. The van der Waals surface area contributed by atoms with Crippen LogP contribution in [0.1, 0.15) is 33.2 Å². The quantitative estimate of drug-likeness (QED) is 0.887. The Hall–Kier alpha value is -2.82. The molecule has 0 bridgehead atoms. The van der Waals surface area contributed by atoms with Crippen LogP contribution < -0.4 is 10.1 Å². The van der Waals surface area contributed by atoms with E-state index in [2.05, 4.69) is 5.32 Å². The van der Waals surface area contributed by atoms with E-state index in [9.17, 15) is 9.59 Å². The highest BCUT2D eigenvalue weighted by Crippen LogP contribution is 2.23. The van der Waals surface area contributed by atoms with Crippen LogP contribution in [0.25, 0.3) is 0 Å². The van der Waals surface area contributed by atoms with Crippen molar-refractivity contribution in [2.24, 2.45) is 0 Å². The van der Waals surface area contributed by atoms with E-state index in [4.69, 9.17) is 9.84 Å². The second-order valence-corrected chi connectivity index (χ2v) is 4.67. The third kappa shape index (κ3) is 3.25. The van der Waals surface area contributed by atoms with Gasteiger partial charge in [0.1, 0.15) is 5.75 Å². The summed E-state index contributed by atoms with van der Waals surface area (Å²) in [5, 5.41) is 11.9. The summed E-state index contributed by atoms with van der Waals surface area (Å²) in [6.45, 7) is 3.96. The number of para-hydroxylation sites is 1. The highest BCUT2D eigenvalue weighted by Gasteiger charge is 2.15. The highest BCUT2D eigenvalue weighted by molar-refractivity contribution is 6.07. The Morgan fingerprint density at radius 2 is 1.77 bits per heavy atom. The van der Waals surface area contributed by atoms with Gasteiger partial charge in [0.05, 0.1) is 17.7 Å². The van der Waals surface area contributed by atoms with Crippen molar-refractivity contribution in [2.75, 3.05) is 11.9 Å². The minimum Gasteiger partial charge on any atom is -0.493 e. The van der Waals surface area contributed by atoms with Gasteiger partial charge in [-0.05, 0) is 43.7 Å². The first-order valence-corrected chi connectivity index (χ1v) is 6.90. The molecule has 0 heterocycles. The molecule has 2 rings (SSSR count). The van der Waals surface area contributed by atoms with Gasteiger partial charge in [0.2, 0.25) is 0 Å². The van der Waals surface area contributed by atoms with Crippen LogP contribution in [-0.2, 0) is 0 Å². The summed E-state index contributed by atoms with van der Waals surface area (Å²) in [6.07, 6.45) is 0. The van der Waals surface area contributed by atoms with Crippen molar-refractivity contribution in [2.45, 2.75) is 13.8 Å². The maximum Gasteiger partial charge on any atom is 0.336 e. The predicted molar refractivity (Wildman–Crippen MR) is 83.7 cm³/mol. The molecule has 0 radical (unpaired) electrons. The highest BCUT2D eigenvalue weighted by atomic mass is 16.5. The number of benzene rings is 2. The van der Waals surface area contributed by atoms with Crippen LogP contribution in [0.3, 0.4) is 0 Å². The minimum absolute atomic E-state index is 0.163. The molecule has 2 aromatic rings. The first kappa shape index (κ1) is 15.6. The van der Waals surface area contributed by atoms with Crippen LogP contribution in [0.4, 0.5) is 5.69 Å². The van der Waals surface area contributed by atoms with Crippen LogP contribution in [0.15, 0.2) is 42.5 Å². The van der Waals surface area contributed by atoms with Gasteiger partial charge in [-0.2, -0.15) is 0 Å². The number of aromatic carboxylic acids is 1. The molecule has 22 heavy (non-hydrogen) atoms. The van der Waals surface area contributed by atoms with E-state index in [0.717, 1.165) is 0 Å². The Morgan fingerprint density at radius 1 is 1.09 bits per heavy atom. The molecule has 0 aliphatic rings. The predicted octanol–water partition coefficient (Wildman–Crippen LogP) is 3.34. The molecule has 0 atom stereocenters. The van der Waals surface area contributed by atoms with Crippen LogP contribution >= 0.6 is 0 Å². The molecule has 5 nitrogen and oxygen atoms in total. The van der Waals surface area contributed by atoms with Crippen molar-refractivity contribution in [1.82, 2.24) is 0 Å². The van der Waals surface area contributed by atoms with Gasteiger partial charge in [0.15, 0.2) is 0 Å². The van der Waals surface area contributed by atoms with Gasteiger partial charge >= 0.3 is 5.97 Å². The SMILES string of the molecule is CCOc1ccccc1C(=O)Nc1cccc(C(=O)O)c1C. The molecular weight excluding hydrogens is 282 g/mol. The molecule has 2 aromatic carbocycles. The number of amides is 1. The summed E-state index contributed by atoms with van der Waals surface area (Å²) in [7, 11) is 0. The van der Waals surface area contributed by atoms with E-state index in [-0.39, 0.29) is 11.5 Å². The Labute approximate surface area is 128 Å². The largest absolute Gasteiger partial charge is 0.493 e. The summed E-state index contributed by atoms with van der Waals surface area (Å²) in [5.74, 6) is -0.868. The number of carbonyl (C=O) groups excluding carboxylic acids is 1. The lowest BCUT2D eigenvalue weighted by molar-refractivity contribution is 0.0695. The normalized spacial score (nSPS) is 10.1. The summed E-state index contributed by atoms with van der Waals surface area (Å²) < 4.78 is 5.43. The van der Waals surface area contributed by atoms with Crippen LogP contribution in [0, 0.1) is 6.92 Å². The zero-order valence-corrected chi connectivity index (χ0v) is 12.4. The van der Waals surface area contributed by atoms with Gasteiger partial charge in [-0.15, -0.1) is 0 Å². The van der Waals surface area contributed by atoms with E-state index < -0.39 is 5.97 Å². The summed E-state index contributed by atoms with van der Waals surface area (Å²) in [6, 6.07) is 11.7. The number of carbonyl (C=O) groups is 2. The molecule has 0 saturated carbocycles. The average molecular weight is 299 g/mol. The average Bonchev–Trinajstić information content (AvgIpc) is 2.50. The molecule has 5 heteroatoms. The number of carboxylic acids is 1. The van der Waals surface area contributed by atoms with Crippen molar-refractivity contribution in [3.63, 3.8) is 0 Å². The monoisotopic (exact) mass is 299 g/mol. The number of hydrogen-bond donors (Lipinski definition) is 2. The Morgan fingerprint density at radius 3 is 2.45 bits per heavy atom. The molecule has 0 aliphatic carbocycles. The molecule has 114 valence electrons. The van der Waals surface area contributed by atoms with Gasteiger partial charge in [0.25, 0.3) is 5.91 Å². The first-order chi connectivity index (χ1) is 10.5. The van der Waals surface area contributed by atoms with E-state index in [1.807, 2.05) is 6.92 Å². The zero-order valence-electron chi connectivity index (χ0n) is 12.4. The van der Waals surface area contributed by atoms with Crippen molar-refractivity contribution >= 4 is 17.6 Å². The lowest BCUT2D eigenvalue weighted by Gasteiger charge is -2.13. The molecule has 0 unspecified atom stereocenters. The molecular formula is C17H17NO4. The van der Waals surface area contributed by atoms with Crippen LogP contribution in [0.5, 0.6) is 5.75 Å². The Balaban J connectivity index is 2.30. The van der Waals surface area contributed by atoms with Crippen molar-refractivity contribution in [3.05, 3.63) is 59.2 Å². The van der Waals surface area contributed by atoms with E-state index in [1.165, 1.54) is 6.07 Å². The van der Waals surface area contributed by atoms with Gasteiger partial charge in [-0.25, -0.2) is 4.79 Å². The maximum atomic E-state index is 12.4. The molecule has 0 aliphatic heterocycles. The number of ether oxygens (including phenoxy) is 1. The Kier molecular flexibility index (Phi) is 4.78. The van der Waals surface area contributed by atoms with Gasteiger partial charge in [-0.3, -0.25) is 4.79 Å². The van der Waals surface area contributed by atoms with E-state index >= 15 is 0 Å². The van der Waals surface area contributed by atoms with Crippen LogP contribution in [0.2, 0.25) is 0 Å².